The van der Waals surface area contributed by atoms with Crippen molar-refractivity contribution in [1.29, 1.82) is 0 Å². The first-order valence-electron chi connectivity index (χ1n) is 3.23. The number of hydrogen-bond donors (Lipinski definition) is 0. The van der Waals surface area contributed by atoms with Crippen LogP contribution in [-0.2, 0) is 0 Å². The minimum Gasteiger partial charge on any atom is -0.298 e. The Kier molecular flexibility index (Phi) is 1.55. The van der Waals surface area contributed by atoms with Crippen molar-refractivity contribution < 1.29 is 4.79 Å². The zero-order chi connectivity index (χ0) is 7.84. The van der Waals surface area contributed by atoms with Crippen LogP contribution in [0.15, 0.2) is 10.8 Å². The van der Waals surface area contributed by atoms with E-state index in [-0.39, 0.29) is 0 Å². The summed E-state index contributed by atoms with van der Waals surface area (Å²) in [4.78, 5) is 10.5. The normalized spacial score (nSPS) is 10.6. The number of carbonyl (C=O) groups is 1. The van der Waals surface area contributed by atoms with Crippen molar-refractivity contribution in [3.05, 3.63) is 21.9 Å². The first-order chi connectivity index (χ1) is 5.33. The zero-order valence-electron chi connectivity index (χ0n) is 5.96. The van der Waals surface area contributed by atoms with Gasteiger partial charge in [0.2, 0.25) is 0 Å². The molecule has 3 heteroatoms. The largest absolute Gasteiger partial charge is 0.298 e. The monoisotopic (exact) mass is 182 g/mol. The molecule has 0 aromatic carbocycles. The summed E-state index contributed by atoms with van der Waals surface area (Å²) in [6.07, 6.45) is 0.929. The molecule has 2 aromatic rings. The van der Waals surface area contributed by atoms with Gasteiger partial charge in [-0.05, 0) is 17.9 Å². The number of hydrogen-bond acceptors (Lipinski definition) is 3. The molecule has 2 heterocycles. The van der Waals surface area contributed by atoms with Crippen LogP contribution in [0.25, 0.3) is 9.40 Å². The topological polar surface area (TPSA) is 17.1 Å². The maximum Gasteiger partial charge on any atom is 0.151 e. The summed E-state index contributed by atoms with van der Waals surface area (Å²) < 4.78 is 1.25. The predicted octanol–water partition coefficient (Wildman–Crippen LogP) is 3.08. The quantitative estimate of drug-likeness (QED) is 0.619. The summed E-state index contributed by atoms with van der Waals surface area (Å²) in [6, 6.07) is 0. The number of rotatable bonds is 1. The molecule has 2 aromatic heterocycles. The molecule has 0 radical (unpaired) electrons. The van der Waals surface area contributed by atoms with Crippen molar-refractivity contribution >= 4 is 38.4 Å². The second-order valence-electron chi connectivity index (χ2n) is 2.39. The second-order valence-corrected chi connectivity index (χ2v) is 4.41. The highest BCUT2D eigenvalue weighted by Crippen LogP contribution is 2.33. The van der Waals surface area contributed by atoms with Crippen molar-refractivity contribution in [3.8, 4) is 0 Å². The van der Waals surface area contributed by atoms with E-state index in [1.807, 2.05) is 12.3 Å². The Morgan fingerprint density at radius 2 is 2.09 bits per heavy atom. The van der Waals surface area contributed by atoms with Crippen LogP contribution in [0.1, 0.15) is 15.9 Å². The molecule has 0 atom stereocenters. The van der Waals surface area contributed by atoms with Crippen molar-refractivity contribution in [2.45, 2.75) is 6.92 Å². The molecule has 0 unspecified atom stereocenters. The van der Waals surface area contributed by atoms with Gasteiger partial charge in [0, 0.05) is 16.3 Å². The van der Waals surface area contributed by atoms with Crippen molar-refractivity contribution in [3.63, 3.8) is 0 Å². The fourth-order valence-electron chi connectivity index (χ4n) is 1.12. The third-order valence-corrected chi connectivity index (χ3v) is 3.91. The molecule has 0 saturated carbocycles. The number of thiophene rings is 2. The molecule has 0 amide bonds. The van der Waals surface area contributed by atoms with E-state index in [1.54, 1.807) is 22.7 Å². The molecule has 0 spiro atoms. The number of carbonyl (C=O) groups excluding carboxylic acids is 1. The van der Waals surface area contributed by atoms with Gasteiger partial charge in [0.1, 0.15) is 0 Å². The Hall–Kier alpha value is -0.670. The molecule has 0 fully saturated rings. The summed E-state index contributed by atoms with van der Waals surface area (Å²) in [7, 11) is 0. The van der Waals surface area contributed by atoms with Crippen LogP contribution in [0.4, 0.5) is 0 Å². The summed E-state index contributed by atoms with van der Waals surface area (Å²) in [5, 5.41) is 5.16. The summed E-state index contributed by atoms with van der Waals surface area (Å²) in [5.74, 6) is 0. The lowest BCUT2D eigenvalue weighted by molar-refractivity contribution is 0.112. The molecule has 1 nitrogen and oxygen atoms in total. The minimum absolute atomic E-state index is 0.837. The van der Waals surface area contributed by atoms with Crippen LogP contribution in [0, 0.1) is 6.92 Å². The third-order valence-electron chi connectivity index (χ3n) is 1.65. The number of fused-ring (bicyclic) bond motifs is 1. The van der Waals surface area contributed by atoms with Crippen LogP contribution in [0.2, 0.25) is 0 Å². The minimum atomic E-state index is 0.837. The highest BCUT2D eigenvalue weighted by Gasteiger charge is 2.06. The van der Waals surface area contributed by atoms with E-state index in [2.05, 4.69) is 5.38 Å². The number of aldehydes is 1. The lowest BCUT2D eigenvalue weighted by Gasteiger charge is -1.83. The molecule has 0 aliphatic carbocycles. The van der Waals surface area contributed by atoms with Gasteiger partial charge < -0.3 is 0 Å². The maximum absolute atomic E-state index is 10.5. The van der Waals surface area contributed by atoms with E-state index in [0.29, 0.717) is 0 Å². The lowest BCUT2D eigenvalue weighted by Crippen LogP contribution is -1.73. The van der Waals surface area contributed by atoms with E-state index < -0.39 is 0 Å². The van der Waals surface area contributed by atoms with E-state index in [1.165, 1.54) is 9.58 Å². The van der Waals surface area contributed by atoms with Crippen molar-refractivity contribution in [2.24, 2.45) is 0 Å². The average molecular weight is 182 g/mol. The third kappa shape index (κ3) is 0.921. The van der Waals surface area contributed by atoms with E-state index in [0.717, 1.165) is 17.2 Å². The molecular formula is C8H6OS2. The Morgan fingerprint density at radius 1 is 1.36 bits per heavy atom. The Balaban J connectivity index is 2.90. The summed E-state index contributed by atoms with van der Waals surface area (Å²) in [6.45, 7) is 2.04. The van der Waals surface area contributed by atoms with Gasteiger partial charge in [0.15, 0.2) is 6.29 Å². The molecule has 0 aliphatic rings. The average Bonchev–Trinajstić information content (AvgIpc) is 2.54. The van der Waals surface area contributed by atoms with Gasteiger partial charge in [0.05, 0.1) is 4.01 Å². The molecule has 0 N–H and O–H groups in total. The van der Waals surface area contributed by atoms with Gasteiger partial charge in [-0.3, -0.25) is 4.79 Å². The molecule has 56 valence electrons. The van der Waals surface area contributed by atoms with Gasteiger partial charge in [0.25, 0.3) is 0 Å². The Labute approximate surface area is 72.3 Å². The smallest absolute Gasteiger partial charge is 0.151 e. The Morgan fingerprint density at radius 3 is 2.82 bits per heavy atom. The zero-order valence-corrected chi connectivity index (χ0v) is 7.59. The van der Waals surface area contributed by atoms with Crippen LogP contribution in [0.3, 0.4) is 0 Å². The first-order valence-corrected chi connectivity index (χ1v) is 4.99. The highest BCUT2D eigenvalue weighted by atomic mass is 32.2. The fraction of sp³-hybridized carbons (Fsp3) is 0.125. The van der Waals surface area contributed by atoms with Gasteiger partial charge >= 0.3 is 0 Å². The maximum atomic E-state index is 10.5. The standard InChI is InChI=1S/C8H6OS2/c1-5-3-10-8-7(5)6(2-9)4-11-8/h2-4H,1H3. The first kappa shape index (κ1) is 7.00. The molecule has 2 rings (SSSR count). The van der Waals surface area contributed by atoms with Gasteiger partial charge in [-0.1, -0.05) is 0 Å². The van der Waals surface area contributed by atoms with E-state index >= 15 is 0 Å². The van der Waals surface area contributed by atoms with Crippen LogP contribution < -0.4 is 0 Å². The van der Waals surface area contributed by atoms with Crippen LogP contribution in [-0.4, -0.2) is 6.29 Å². The fourth-order valence-corrected chi connectivity index (χ4v) is 3.23. The molecule has 0 bridgehead atoms. The van der Waals surface area contributed by atoms with Gasteiger partial charge in [-0.25, -0.2) is 0 Å². The summed E-state index contributed by atoms with van der Waals surface area (Å²) in [5.41, 5.74) is 2.05. The molecule has 11 heavy (non-hydrogen) atoms. The molecular weight excluding hydrogens is 176 g/mol. The molecule has 0 saturated heterocycles. The second kappa shape index (κ2) is 2.43. The predicted molar refractivity (Wildman–Crippen MR) is 49.8 cm³/mol. The highest BCUT2D eigenvalue weighted by molar-refractivity contribution is 7.37. The lowest BCUT2D eigenvalue weighted by atomic mass is 10.2. The van der Waals surface area contributed by atoms with Crippen molar-refractivity contribution in [1.82, 2.24) is 0 Å². The van der Waals surface area contributed by atoms with E-state index in [9.17, 15) is 4.79 Å². The SMILES string of the molecule is Cc1csc2scc(C=O)c12. The van der Waals surface area contributed by atoms with Crippen LogP contribution in [0.5, 0.6) is 0 Å². The Bertz CT molecular complexity index is 397. The number of aryl methyl sites for hydroxylation is 1. The van der Waals surface area contributed by atoms with Crippen LogP contribution >= 0.6 is 22.7 Å². The summed E-state index contributed by atoms with van der Waals surface area (Å²) >= 11 is 3.36. The van der Waals surface area contributed by atoms with Crippen molar-refractivity contribution in [2.75, 3.05) is 0 Å². The van der Waals surface area contributed by atoms with E-state index in [4.69, 9.17) is 0 Å². The van der Waals surface area contributed by atoms with Gasteiger partial charge in [-0.2, -0.15) is 0 Å². The molecule has 0 aliphatic heterocycles. The van der Waals surface area contributed by atoms with Gasteiger partial charge in [-0.15, -0.1) is 22.7 Å².